The van der Waals surface area contributed by atoms with Gasteiger partial charge >= 0.3 is 0 Å². The minimum atomic E-state index is -4.22. The summed E-state index contributed by atoms with van der Waals surface area (Å²) in [4.78, 5) is 29.7. The molecule has 46 heavy (non-hydrogen) atoms. The summed E-state index contributed by atoms with van der Waals surface area (Å²) in [6, 6.07) is 26.1. The normalized spacial score (nSPS) is 11.8. The van der Waals surface area contributed by atoms with Crippen LogP contribution in [-0.4, -0.2) is 51.4 Å². The van der Waals surface area contributed by atoms with E-state index in [1.807, 2.05) is 44.2 Å². The van der Waals surface area contributed by atoms with Crippen molar-refractivity contribution < 1.29 is 22.7 Å². The van der Waals surface area contributed by atoms with Gasteiger partial charge in [0.1, 0.15) is 18.3 Å². The van der Waals surface area contributed by atoms with Crippen LogP contribution in [0.4, 0.5) is 5.69 Å². The Kier molecular flexibility index (Phi) is 12.1. The smallest absolute Gasteiger partial charge is 0.264 e. The molecule has 0 aromatic heterocycles. The highest BCUT2D eigenvalue weighted by atomic mass is 35.5. The summed E-state index contributed by atoms with van der Waals surface area (Å²) in [5.41, 5.74) is 2.53. The average molecular weight is 683 g/mol. The second-order valence-electron chi connectivity index (χ2n) is 10.8. The Balaban J connectivity index is 1.81. The SMILES string of the molecule is CCCNC(=O)[C@H](Cc1ccccc1)N(Cc1ccc(Cl)cc1Cl)C(=O)CN(c1ccc(OC)cc1)S(=O)(=O)c1ccc(C)cc1. The third-order valence-corrected chi connectivity index (χ3v) is 9.80. The molecule has 4 aromatic carbocycles. The summed E-state index contributed by atoms with van der Waals surface area (Å²) in [5.74, 6) is -0.427. The Labute approximate surface area is 280 Å². The minimum absolute atomic E-state index is 0.0236. The van der Waals surface area contributed by atoms with Crippen LogP contribution in [0.3, 0.4) is 0 Å². The maximum atomic E-state index is 14.5. The summed E-state index contributed by atoms with van der Waals surface area (Å²) < 4.78 is 34.6. The van der Waals surface area contributed by atoms with Crippen molar-refractivity contribution in [2.45, 2.75) is 44.2 Å². The van der Waals surface area contributed by atoms with Gasteiger partial charge in [-0.2, -0.15) is 0 Å². The lowest BCUT2D eigenvalue weighted by Crippen LogP contribution is -2.53. The van der Waals surface area contributed by atoms with Crippen molar-refractivity contribution in [2.24, 2.45) is 0 Å². The number of benzene rings is 4. The van der Waals surface area contributed by atoms with E-state index in [1.165, 1.54) is 24.1 Å². The summed E-state index contributed by atoms with van der Waals surface area (Å²) in [7, 11) is -2.71. The number of carbonyl (C=O) groups excluding carboxylic acids is 2. The lowest BCUT2D eigenvalue weighted by molar-refractivity contribution is -0.140. The summed E-state index contributed by atoms with van der Waals surface area (Å²) >= 11 is 12.7. The fourth-order valence-corrected chi connectivity index (χ4v) is 6.75. The number of ether oxygens (including phenoxy) is 1. The predicted molar refractivity (Wildman–Crippen MR) is 183 cm³/mol. The van der Waals surface area contributed by atoms with Gasteiger partial charge in [0.25, 0.3) is 10.0 Å². The number of amides is 2. The van der Waals surface area contributed by atoms with Crippen LogP contribution in [0.1, 0.15) is 30.0 Å². The lowest BCUT2D eigenvalue weighted by Gasteiger charge is -2.34. The molecule has 0 fully saturated rings. The molecule has 1 N–H and O–H groups in total. The molecule has 0 saturated carbocycles. The van der Waals surface area contributed by atoms with Crippen molar-refractivity contribution in [2.75, 3.05) is 24.5 Å². The quantitative estimate of drug-likeness (QED) is 0.160. The van der Waals surface area contributed by atoms with Gasteiger partial charge in [0.05, 0.1) is 17.7 Å². The van der Waals surface area contributed by atoms with Crippen LogP contribution >= 0.6 is 23.2 Å². The third kappa shape index (κ3) is 8.81. The number of rotatable bonds is 14. The molecule has 0 aliphatic carbocycles. The molecule has 0 heterocycles. The zero-order valence-electron chi connectivity index (χ0n) is 26.0. The van der Waals surface area contributed by atoms with E-state index >= 15 is 0 Å². The van der Waals surface area contributed by atoms with Crippen molar-refractivity contribution in [3.05, 3.63) is 124 Å². The first-order valence-electron chi connectivity index (χ1n) is 14.8. The molecule has 4 rings (SSSR count). The number of nitrogens with zero attached hydrogens (tertiary/aromatic N) is 2. The highest BCUT2D eigenvalue weighted by Crippen LogP contribution is 2.28. The van der Waals surface area contributed by atoms with Gasteiger partial charge in [0.15, 0.2) is 0 Å². The molecule has 0 aliphatic rings. The van der Waals surface area contributed by atoms with Crippen molar-refractivity contribution in [3.63, 3.8) is 0 Å². The van der Waals surface area contributed by atoms with E-state index in [0.29, 0.717) is 34.3 Å². The highest BCUT2D eigenvalue weighted by molar-refractivity contribution is 7.92. The van der Waals surface area contributed by atoms with E-state index in [4.69, 9.17) is 27.9 Å². The molecule has 1 atom stereocenters. The third-order valence-electron chi connectivity index (χ3n) is 7.42. The molecule has 4 aromatic rings. The predicted octanol–water partition coefficient (Wildman–Crippen LogP) is 6.67. The van der Waals surface area contributed by atoms with Crippen molar-refractivity contribution in [1.29, 1.82) is 0 Å². The van der Waals surface area contributed by atoms with E-state index in [2.05, 4.69) is 5.32 Å². The first-order valence-corrected chi connectivity index (χ1v) is 17.0. The molecule has 0 radical (unpaired) electrons. The van der Waals surface area contributed by atoms with Crippen LogP contribution in [0.25, 0.3) is 0 Å². The van der Waals surface area contributed by atoms with E-state index in [9.17, 15) is 18.0 Å². The number of anilines is 1. The lowest BCUT2D eigenvalue weighted by atomic mass is 10.0. The van der Waals surface area contributed by atoms with E-state index in [-0.39, 0.29) is 29.5 Å². The van der Waals surface area contributed by atoms with Gasteiger partial charge in [-0.25, -0.2) is 8.42 Å². The molecule has 0 saturated heterocycles. The van der Waals surface area contributed by atoms with Gasteiger partial charge in [0.2, 0.25) is 11.8 Å². The van der Waals surface area contributed by atoms with Crippen LogP contribution in [0.15, 0.2) is 102 Å². The fourth-order valence-electron chi connectivity index (χ4n) is 4.87. The molecule has 242 valence electrons. The van der Waals surface area contributed by atoms with Crippen LogP contribution in [0.5, 0.6) is 5.75 Å². The summed E-state index contributed by atoms with van der Waals surface area (Å²) in [6.07, 6.45) is 0.890. The number of carbonyl (C=O) groups is 2. The molecule has 0 spiro atoms. The van der Waals surface area contributed by atoms with E-state index in [1.54, 1.807) is 54.6 Å². The fraction of sp³-hybridized carbons (Fsp3) is 0.257. The Morgan fingerprint density at radius 3 is 2.20 bits per heavy atom. The standard InChI is InChI=1S/C35H37Cl2N3O5S/c1-4-20-38-35(42)33(21-26-8-6-5-7-9-26)39(23-27-12-13-28(36)22-32(27)37)34(41)24-40(29-14-16-30(45-3)17-15-29)46(43,44)31-18-10-25(2)11-19-31/h5-19,22,33H,4,20-21,23-24H2,1-3H3,(H,38,42)/t33-/m0/s1. The van der Waals surface area contributed by atoms with Crippen LogP contribution in [0.2, 0.25) is 10.0 Å². The van der Waals surface area contributed by atoms with E-state index in [0.717, 1.165) is 15.4 Å². The summed E-state index contributed by atoms with van der Waals surface area (Å²) in [6.45, 7) is 3.56. The molecule has 0 aliphatic heterocycles. The number of nitrogens with one attached hydrogen (secondary N) is 1. The molecular weight excluding hydrogens is 645 g/mol. The van der Waals surface area contributed by atoms with Gasteiger partial charge in [-0.1, -0.05) is 84.2 Å². The first kappa shape index (κ1) is 34.8. The largest absolute Gasteiger partial charge is 0.497 e. The zero-order chi connectivity index (χ0) is 33.3. The molecular formula is C35H37Cl2N3O5S. The second-order valence-corrected chi connectivity index (χ2v) is 13.5. The van der Waals surface area contributed by atoms with Gasteiger partial charge in [-0.3, -0.25) is 13.9 Å². The van der Waals surface area contributed by atoms with Gasteiger partial charge in [-0.15, -0.1) is 0 Å². The van der Waals surface area contributed by atoms with Crippen molar-refractivity contribution in [1.82, 2.24) is 10.2 Å². The number of methoxy groups -OCH3 is 1. The van der Waals surface area contributed by atoms with Gasteiger partial charge in [-0.05, 0) is 73.0 Å². The van der Waals surface area contributed by atoms with Gasteiger partial charge < -0.3 is 15.0 Å². The molecule has 8 nitrogen and oxygen atoms in total. The highest BCUT2D eigenvalue weighted by Gasteiger charge is 2.35. The van der Waals surface area contributed by atoms with Gasteiger partial charge in [0, 0.05) is 29.6 Å². The van der Waals surface area contributed by atoms with Crippen molar-refractivity contribution in [3.8, 4) is 5.75 Å². The maximum absolute atomic E-state index is 14.5. The number of hydrogen-bond acceptors (Lipinski definition) is 5. The number of halogens is 2. The Bertz CT molecular complexity index is 1730. The number of aryl methyl sites for hydroxylation is 1. The Morgan fingerprint density at radius 1 is 0.913 bits per heavy atom. The average Bonchev–Trinajstić information content (AvgIpc) is 3.05. The molecule has 0 unspecified atom stereocenters. The number of sulfonamides is 1. The molecule has 0 bridgehead atoms. The Morgan fingerprint density at radius 2 is 1.59 bits per heavy atom. The van der Waals surface area contributed by atoms with Crippen LogP contribution in [0, 0.1) is 6.92 Å². The molecule has 2 amide bonds. The topological polar surface area (TPSA) is 96.0 Å². The monoisotopic (exact) mass is 681 g/mol. The zero-order valence-corrected chi connectivity index (χ0v) is 28.3. The minimum Gasteiger partial charge on any atom is -0.497 e. The molecule has 11 heteroatoms. The first-order chi connectivity index (χ1) is 22.0. The summed E-state index contributed by atoms with van der Waals surface area (Å²) in [5, 5.41) is 3.66. The van der Waals surface area contributed by atoms with Crippen LogP contribution < -0.4 is 14.4 Å². The maximum Gasteiger partial charge on any atom is 0.264 e. The Hall–Kier alpha value is -4.05. The van der Waals surface area contributed by atoms with Crippen LogP contribution in [-0.2, 0) is 32.6 Å². The number of hydrogen-bond donors (Lipinski definition) is 1. The van der Waals surface area contributed by atoms with Crippen molar-refractivity contribution >= 4 is 50.7 Å². The second kappa shape index (κ2) is 16.0. The van der Waals surface area contributed by atoms with E-state index < -0.39 is 28.5 Å².